The van der Waals surface area contributed by atoms with Crippen LogP contribution in [0.15, 0.2) is 65.8 Å². The lowest BCUT2D eigenvalue weighted by molar-refractivity contribution is 0.322. The molecule has 1 aromatic heterocycles. The van der Waals surface area contributed by atoms with E-state index in [2.05, 4.69) is 15.2 Å². The molecule has 3 aromatic rings. The molecule has 0 radical (unpaired) electrons. The first-order valence-corrected chi connectivity index (χ1v) is 7.96. The maximum absolute atomic E-state index is 8.95. The van der Waals surface area contributed by atoms with Crippen LogP contribution in [0.5, 0.6) is 0 Å². The summed E-state index contributed by atoms with van der Waals surface area (Å²) in [5.74, 6) is 0.556. The molecule has 0 saturated heterocycles. The zero-order valence-corrected chi connectivity index (χ0v) is 12.7. The highest BCUT2D eigenvalue weighted by atomic mass is 32.2. The molecule has 2 aromatic carbocycles. The zero-order chi connectivity index (χ0) is 15.2. The van der Waals surface area contributed by atoms with Gasteiger partial charge in [-0.3, -0.25) is 0 Å². The second-order valence-electron chi connectivity index (χ2n) is 4.60. The van der Waals surface area contributed by atoms with Gasteiger partial charge < -0.3 is 5.11 Å². The molecule has 0 spiro atoms. The van der Waals surface area contributed by atoms with Crippen molar-refractivity contribution in [3.05, 3.63) is 60.7 Å². The minimum absolute atomic E-state index is 0.0924. The quantitative estimate of drug-likeness (QED) is 0.733. The fourth-order valence-corrected chi connectivity index (χ4v) is 2.63. The third kappa shape index (κ3) is 3.32. The van der Waals surface area contributed by atoms with Gasteiger partial charge in [-0.05, 0) is 0 Å². The molecule has 0 saturated carbocycles. The Labute approximate surface area is 133 Å². The largest absolute Gasteiger partial charge is 0.396 e. The van der Waals surface area contributed by atoms with E-state index in [1.165, 1.54) is 11.8 Å². The highest BCUT2D eigenvalue weighted by Crippen LogP contribution is 2.29. The van der Waals surface area contributed by atoms with E-state index in [4.69, 9.17) is 5.11 Å². The Hall–Kier alpha value is -2.24. The van der Waals surface area contributed by atoms with Gasteiger partial charge in [0.1, 0.15) is 11.4 Å². The number of hydrogen-bond donors (Lipinski definition) is 1. The molecule has 22 heavy (non-hydrogen) atoms. The van der Waals surface area contributed by atoms with Gasteiger partial charge in [-0.15, -0.1) is 10.2 Å². The zero-order valence-electron chi connectivity index (χ0n) is 11.9. The van der Waals surface area contributed by atoms with Crippen LogP contribution >= 0.6 is 11.8 Å². The van der Waals surface area contributed by atoms with Crippen molar-refractivity contribution >= 4 is 11.8 Å². The highest BCUT2D eigenvalue weighted by molar-refractivity contribution is 7.99. The lowest BCUT2D eigenvalue weighted by Crippen LogP contribution is -2.00. The third-order valence-electron chi connectivity index (χ3n) is 3.08. The standard InChI is InChI=1S/C17H15N3OS/c21-11-12-22-17-18-15(13-7-3-1-4-8-13)16(19-20-17)14-9-5-2-6-10-14/h1-10,21H,11-12H2. The molecule has 0 aliphatic heterocycles. The van der Waals surface area contributed by atoms with Gasteiger partial charge in [0.15, 0.2) is 0 Å². The topological polar surface area (TPSA) is 58.9 Å². The molecule has 3 rings (SSSR count). The summed E-state index contributed by atoms with van der Waals surface area (Å²) in [7, 11) is 0. The lowest BCUT2D eigenvalue weighted by Gasteiger charge is -2.09. The predicted molar refractivity (Wildman–Crippen MR) is 88.5 cm³/mol. The molecule has 0 bridgehead atoms. The van der Waals surface area contributed by atoms with Crippen molar-refractivity contribution < 1.29 is 5.11 Å². The molecular formula is C17H15N3OS. The van der Waals surface area contributed by atoms with Gasteiger partial charge >= 0.3 is 0 Å². The monoisotopic (exact) mass is 309 g/mol. The first kappa shape index (κ1) is 14.7. The fraction of sp³-hybridized carbons (Fsp3) is 0.118. The van der Waals surface area contributed by atoms with Crippen LogP contribution in [0, 0.1) is 0 Å². The number of rotatable bonds is 5. The normalized spacial score (nSPS) is 10.6. The third-order valence-corrected chi connectivity index (χ3v) is 3.90. The minimum Gasteiger partial charge on any atom is -0.396 e. The van der Waals surface area contributed by atoms with Crippen LogP contribution in [-0.4, -0.2) is 32.6 Å². The van der Waals surface area contributed by atoms with Crippen molar-refractivity contribution in [2.75, 3.05) is 12.4 Å². The predicted octanol–water partition coefficient (Wildman–Crippen LogP) is 3.29. The minimum atomic E-state index is 0.0924. The summed E-state index contributed by atoms with van der Waals surface area (Å²) < 4.78 is 0. The van der Waals surface area contributed by atoms with Crippen LogP contribution in [0.1, 0.15) is 0 Å². The molecule has 1 N–H and O–H groups in total. The van der Waals surface area contributed by atoms with E-state index in [9.17, 15) is 0 Å². The van der Waals surface area contributed by atoms with Gasteiger partial charge in [0.2, 0.25) is 5.16 Å². The van der Waals surface area contributed by atoms with E-state index < -0.39 is 0 Å². The second kappa shape index (κ2) is 7.15. The number of aliphatic hydroxyl groups is 1. The fourth-order valence-electron chi connectivity index (χ4n) is 2.10. The van der Waals surface area contributed by atoms with Crippen LogP contribution < -0.4 is 0 Å². The summed E-state index contributed by atoms with van der Waals surface area (Å²) >= 11 is 1.40. The molecule has 0 atom stereocenters. The van der Waals surface area contributed by atoms with Crippen molar-refractivity contribution in [2.24, 2.45) is 0 Å². The number of nitrogens with zero attached hydrogens (tertiary/aromatic N) is 3. The Morgan fingerprint density at radius 3 is 1.95 bits per heavy atom. The van der Waals surface area contributed by atoms with Crippen molar-refractivity contribution in [3.8, 4) is 22.5 Å². The number of hydrogen-bond acceptors (Lipinski definition) is 5. The smallest absolute Gasteiger partial charge is 0.209 e. The lowest BCUT2D eigenvalue weighted by atomic mass is 10.0. The molecule has 0 aliphatic rings. The maximum atomic E-state index is 8.95. The molecule has 1 heterocycles. The first-order chi connectivity index (χ1) is 10.9. The Bertz CT molecular complexity index is 735. The summed E-state index contributed by atoms with van der Waals surface area (Å²) in [5, 5.41) is 18.1. The van der Waals surface area contributed by atoms with Gasteiger partial charge in [0.05, 0.1) is 6.61 Å². The average Bonchev–Trinajstić information content (AvgIpc) is 2.61. The number of benzene rings is 2. The van der Waals surface area contributed by atoms with Crippen molar-refractivity contribution in [2.45, 2.75) is 5.16 Å². The summed E-state index contributed by atoms with van der Waals surface area (Å²) in [4.78, 5) is 4.64. The van der Waals surface area contributed by atoms with Crippen LogP contribution in [0.25, 0.3) is 22.5 Å². The number of aromatic nitrogens is 3. The van der Waals surface area contributed by atoms with Crippen LogP contribution in [-0.2, 0) is 0 Å². The second-order valence-corrected chi connectivity index (χ2v) is 5.66. The van der Waals surface area contributed by atoms with Crippen molar-refractivity contribution in [1.82, 2.24) is 15.2 Å². The Balaban J connectivity index is 2.09. The van der Waals surface area contributed by atoms with E-state index in [-0.39, 0.29) is 6.61 Å². The van der Waals surface area contributed by atoms with Crippen LogP contribution in [0.4, 0.5) is 0 Å². The van der Waals surface area contributed by atoms with Gasteiger partial charge in [0, 0.05) is 16.9 Å². The molecule has 0 fully saturated rings. The molecule has 0 aliphatic carbocycles. The summed E-state index contributed by atoms with van der Waals surface area (Å²) in [5.41, 5.74) is 3.56. The maximum Gasteiger partial charge on any atom is 0.209 e. The Kier molecular flexibility index (Phi) is 4.78. The van der Waals surface area contributed by atoms with Crippen LogP contribution in [0.2, 0.25) is 0 Å². The molecule has 110 valence electrons. The molecule has 5 heteroatoms. The van der Waals surface area contributed by atoms with E-state index in [1.807, 2.05) is 60.7 Å². The summed E-state index contributed by atoms with van der Waals surface area (Å²) in [6.07, 6.45) is 0. The Morgan fingerprint density at radius 1 is 0.773 bits per heavy atom. The molecular weight excluding hydrogens is 294 g/mol. The SMILES string of the molecule is OCCSc1nnc(-c2ccccc2)c(-c2ccccc2)n1. The average molecular weight is 309 g/mol. The van der Waals surface area contributed by atoms with Crippen LogP contribution in [0.3, 0.4) is 0 Å². The Morgan fingerprint density at radius 2 is 1.36 bits per heavy atom. The number of thioether (sulfide) groups is 1. The van der Waals surface area contributed by atoms with Crippen molar-refractivity contribution in [3.63, 3.8) is 0 Å². The first-order valence-electron chi connectivity index (χ1n) is 6.97. The number of aliphatic hydroxyl groups excluding tert-OH is 1. The van der Waals surface area contributed by atoms with E-state index in [1.54, 1.807) is 0 Å². The van der Waals surface area contributed by atoms with E-state index in [0.717, 1.165) is 22.5 Å². The van der Waals surface area contributed by atoms with Gasteiger partial charge in [-0.2, -0.15) is 0 Å². The summed E-state index contributed by atoms with van der Waals surface area (Å²) in [6.45, 7) is 0.0924. The van der Waals surface area contributed by atoms with Gasteiger partial charge in [-0.25, -0.2) is 4.98 Å². The molecule has 4 nitrogen and oxygen atoms in total. The highest BCUT2D eigenvalue weighted by Gasteiger charge is 2.13. The van der Waals surface area contributed by atoms with E-state index in [0.29, 0.717) is 10.9 Å². The molecule has 0 amide bonds. The summed E-state index contributed by atoms with van der Waals surface area (Å²) in [6, 6.07) is 19.9. The van der Waals surface area contributed by atoms with Gasteiger partial charge in [-0.1, -0.05) is 72.4 Å². The van der Waals surface area contributed by atoms with Crippen molar-refractivity contribution in [1.29, 1.82) is 0 Å². The molecule has 0 unspecified atom stereocenters. The van der Waals surface area contributed by atoms with Gasteiger partial charge in [0.25, 0.3) is 0 Å². The van der Waals surface area contributed by atoms with E-state index >= 15 is 0 Å².